The van der Waals surface area contributed by atoms with Crippen LogP contribution >= 0.6 is 0 Å². The van der Waals surface area contributed by atoms with E-state index in [1.54, 1.807) is 0 Å². The van der Waals surface area contributed by atoms with Crippen LogP contribution in [0.25, 0.3) is 0 Å². The van der Waals surface area contributed by atoms with Gasteiger partial charge in [0, 0.05) is 6.54 Å². The molecule has 18 heavy (non-hydrogen) atoms. The van der Waals surface area contributed by atoms with Crippen molar-refractivity contribution in [2.24, 2.45) is 5.41 Å². The smallest absolute Gasteiger partial charge is 0.481 e. The Morgan fingerprint density at radius 2 is 1.72 bits per heavy atom. The molecule has 0 spiro atoms. The molecule has 0 bridgehead atoms. The predicted octanol–water partition coefficient (Wildman–Crippen LogP) is 1.46. The number of carboxylic acids is 1. The van der Waals surface area contributed by atoms with Crippen molar-refractivity contribution in [3.05, 3.63) is 0 Å². The van der Waals surface area contributed by atoms with Crippen LogP contribution in [0.2, 0.25) is 0 Å². The lowest BCUT2D eigenvalue weighted by molar-refractivity contribution is -0.150. The molecule has 0 atom stereocenters. The number of alkyl halides is 3. The summed E-state index contributed by atoms with van der Waals surface area (Å²) in [5.41, 5.74) is -6.84. The Balaban J connectivity index is 2.79. The molecule has 0 heterocycles. The van der Waals surface area contributed by atoms with Gasteiger partial charge in [0.25, 0.3) is 0 Å². The number of rotatable bonds is 4. The summed E-state index contributed by atoms with van der Waals surface area (Å²) in [7, 11) is -5.48. The lowest BCUT2D eigenvalue weighted by Gasteiger charge is -2.33. The average molecular weight is 289 g/mol. The topological polar surface area (TPSA) is 83.5 Å². The molecule has 0 radical (unpaired) electrons. The highest BCUT2D eigenvalue weighted by atomic mass is 32.2. The Kier molecular flexibility index (Phi) is 4.26. The molecule has 1 fully saturated rings. The molecule has 1 aliphatic carbocycles. The van der Waals surface area contributed by atoms with Crippen LogP contribution in [-0.4, -0.2) is 31.5 Å². The molecule has 0 aliphatic heterocycles. The Bertz CT molecular complexity index is 412. The van der Waals surface area contributed by atoms with Gasteiger partial charge in [0.2, 0.25) is 0 Å². The van der Waals surface area contributed by atoms with Gasteiger partial charge in [-0.3, -0.25) is 4.79 Å². The Morgan fingerprint density at radius 3 is 2.11 bits per heavy atom. The minimum Gasteiger partial charge on any atom is -0.481 e. The summed E-state index contributed by atoms with van der Waals surface area (Å²) in [6.45, 7) is -0.718. The summed E-state index contributed by atoms with van der Waals surface area (Å²) in [4.78, 5) is 11.1. The second kappa shape index (κ2) is 5.04. The molecule has 0 unspecified atom stereocenters. The van der Waals surface area contributed by atoms with E-state index in [-0.39, 0.29) is 12.8 Å². The van der Waals surface area contributed by atoms with Crippen LogP contribution in [0, 0.1) is 5.41 Å². The fourth-order valence-electron chi connectivity index (χ4n) is 2.01. The number of aliphatic carboxylic acids is 1. The third kappa shape index (κ3) is 3.14. The van der Waals surface area contributed by atoms with E-state index in [0.717, 1.165) is 6.42 Å². The minimum absolute atomic E-state index is 0.183. The molecule has 1 aliphatic rings. The predicted molar refractivity (Wildman–Crippen MR) is 56.1 cm³/mol. The molecule has 0 saturated heterocycles. The van der Waals surface area contributed by atoms with E-state index < -0.39 is 33.5 Å². The molecule has 0 aromatic rings. The molecular formula is C9H14F3NO4S. The molecule has 1 rings (SSSR count). The fourth-order valence-corrected chi connectivity index (χ4v) is 2.64. The zero-order valence-electron chi connectivity index (χ0n) is 9.46. The average Bonchev–Trinajstić information content (AvgIpc) is 2.26. The van der Waals surface area contributed by atoms with E-state index in [1.165, 1.54) is 4.72 Å². The first-order valence-corrected chi connectivity index (χ1v) is 6.88. The van der Waals surface area contributed by atoms with Crippen LogP contribution in [0.3, 0.4) is 0 Å². The maximum absolute atomic E-state index is 12.1. The van der Waals surface area contributed by atoms with Gasteiger partial charge in [-0.05, 0) is 12.8 Å². The zero-order valence-corrected chi connectivity index (χ0v) is 10.3. The molecule has 106 valence electrons. The summed E-state index contributed by atoms with van der Waals surface area (Å²) in [5.74, 6) is -1.26. The first-order chi connectivity index (χ1) is 8.11. The van der Waals surface area contributed by atoms with Gasteiger partial charge >= 0.3 is 21.5 Å². The normalized spacial score (nSPS) is 20.6. The number of halogens is 3. The highest BCUT2D eigenvalue weighted by Gasteiger charge is 2.48. The molecule has 5 nitrogen and oxygen atoms in total. The number of hydrogen-bond donors (Lipinski definition) is 2. The first kappa shape index (κ1) is 15.2. The van der Waals surface area contributed by atoms with Crippen molar-refractivity contribution in [2.45, 2.75) is 37.6 Å². The standard InChI is InChI=1S/C9H14F3NO4S/c10-9(11,12)18(16,17)13-6-8(7(14)15)4-2-1-3-5-8/h13H,1-6H2,(H,14,15). The van der Waals surface area contributed by atoms with Crippen molar-refractivity contribution in [1.82, 2.24) is 4.72 Å². The monoisotopic (exact) mass is 289 g/mol. The van der Waals surface area contributed by atoms with Gasteiger partial charge in [-0.15, -0.1) is 0 Å². The summed E-state index contributed by atoms with van der Waals surface area (Å²) >= 11 is 0. The van der Waals surface area contributed by atoms with Crippen molar-refractivity contribution >= 4 is 16.0 Å². The van der Waals surface area contributed by atoms with Crippen molar-refractivity contribution in [1.29, 1.82) is 0 Å². The molecule has 0 aromatic carbocycles. The van der Waals surface area contributed by atoms with E-state index in [0.29, 0.717) is 12.8 Å². The molecule has 0 amide bonds. The van der Waals surface area contributed by atoms with Gasteiger partial charge in [-0.2, -0.15) is 13.2 Å². The molecular weight excluding hydrogens is 275 g/mol. The largest absolute Gasteiger partial charge is 0.511 e. The van der Waals surface area contributed by atoms with E-state index in [2.05, 4.69) is 0 Å². The van der Waals surface area contributed by atoms with Crippen LogP contribution < -0.4 is 4.72 Å². The van der Waals surface area contributed by atoms with Crippen molar-refractivity contribution in [2.75, 3.05) is 6.54 Å². The zero-order chi connectivity index (χ0) is 14.0. The third-order valence-electron chi connectivity index (χ3n) is 3.17. The van der Waals surface area contributed by atoms with Crippen molar-refractivity contribution in [3.8, 4) is 0 Å². The van der Waals surface area contributed by atoms with E-state index in [4.69, 9.17) is 5.11 Å². The number of nitrogens with one attached hydrogen (secondary N) is 1. The maximum atomic E-state index is 12.1. The van der Waals surface area contributed by atoms with Gasteiger partial charge in [0.05, 0.1) is 5.41 Å². The maximum Gasteiger partial charge on any atom is 0.511 e. The quantitative estimate of drug-likeness (QED) is 0.820. The van der Waals surface area contributed by atoms with Crippen molar-refractivity contribution < 1.29 is 31.5 Å². The minimum atomic E-state index is -5.48. The molecule has 1 saturated carbocycles. The van der Waals surface area contributed by atoms with Crippen LogP contribution in [0.5, 0.6) is 0 Å². The molecule has 2 N–H and O–H groups in total. The molecule has 0 aromatic heterocycles. The van der Waals surface area contributed by atoms with Crippen LogP contribution in [0.4, 0.5) is 13.2 Å². The summed E-state index contributed by atoms with van der Waals surface area (Å²) in [6, 6.07) is 0. The van der Waals surface area contributed by atoms with Crippen LogP contribution in [0.1, 0.15) is 32.1 Å². The summed E-state index contributed by atoms with van der Waals surface area (Å²) < 4.78 is 59.4. The van der Waals surface area contributed by atoms with Crippen molar-refractivity contribution in [3.63, 3.8) is 0 Å². The van der Waals surface area contributed by atoms with Gasteiger partial charge in [0.1, 0.15) is 0 Å². The number of hydrogen-bond acceptors (Lipinski definition) is 3. The number of carboxylic acid groups (broad SMARTS) is 1. The highest BCUT2D eigenvalue weighted by molar-refractivity contribution is 7.90. The second-order valence-corrected chi connectivity index (χ2v) is 6.17. The first-order valence-electron chi connectivity index (χ1n) is 5.40. The third-order valence-corrected chi connectivity index (χ3v) is 4.30. The Morgan fingerprint density at radius 1 is 1.22 bits per heavy atom. The lowest BCUT2D eigenvalue weighted by atomic mass is 9.74. The number of carbonyl (C=O) groups is 1. The molecule has 9 heteroatoms. The van der Waals surface area contributed by atoms with E-state index >= 15 is 0 Å². The lowest BCUT2D eigenvalue weighted by Crippen LogP contribution is -2.47. The second-order valence-electron chi connectivity index (χ2n) is 4.42. The van der Waals surface area contributed by atoms with Gasteiger partial charge < -0.3 is 5.11 Å². The van der Waals surface area contributed by atoms with E-state index in [1.807, 2.05) is 0 Å². The van der Waals surface area contributed by atoms with Gasteiger partial charge in [-0.1, -0.05) is 19.3 Å². The Labute approximate surface area is 102 Å². The van der Waals surface area contributed by atoms with E-state index in [9.17, 15) is 26.4 Å². The highest BCUT2D eigenvalue weighted by Crippen LogP contribution is 2.36. The van der Waals surface area contributed by atoms with Gasteiger partial charge in [-0.25, -0.2) is 13.1 Å². The number of sulfonamides is 1. The summed E-state index contributed by atoms with van der Waals surface area (Å²) in [6.07, 6.45) is 2.31. The fraction of sp³-hybridized carbons (Fsp3) is 0.889. The van der Waals surface area contributed by atoms with Crippen LogP contribution in [-0.2, 0) is 14.8 Å². The Hall–Kier alpha value is -0.830. The summed E-state index contributed by atoms with van der Waals surface area (Å²) in [5, 5.41) is 9.07. The SMILES string of the molecule is O=C(O)C1(CNS(=O)(=O)C(F)(F)F)CCCCC1. The van der Waals surface area contributed by atoms with Gasteiger partial charge in [0.15, 0.2) is 0 Å². The van der Waals surface area contributed by atoms with Crippen LogP contribution in [0.15, 0.2) is 0 Å².